The molecule has 1 atom stereocenters. The third-order valence-electron chi connectivity index (χ3n) is 3.57. The molecule has 1 aliphatic heterocycles. The summed E-state index contributed by atoms with van der Waals surface area (Å²) in [6.07, 6.45) is 4.31. The van der Waals surface area contributed by atoms with Gasteiger partial charge in [0.25, 0.3) is 0 Å². The van der Waals surface area contributed by atoms with Gasteiger partial charge in [-0.3, -0.25) is 0 Å². The highest BCUT2D eigenvalue weighted by Gasteiger charge is 2.27. The molecule has 5 nitrogen and oxygen atoms in total. The molecule has 0 spiro atoms. The van der Waals surface area contributed by atoms with Crippen LogP contribution < -0.4 is 15.1 Å². The molecule has 20 heavy (non-hydrogen) atoms. The van der Waals surface area contributed by atoms with Crippen molar-refractivity contribution >= 4 is 11.8 Å². The molecule has 0 aliphatic carbocycles. The molecule has 112 valence electrons. The van der Waals surface area contributed by atoms with E-state index in [0.717, 1.165) is 24.9 Å². The number of hydrogen-bond donors (Lipinski definition) is 1. The van der Waals surface area contributed by atoms with Crippen molar-refractivity contribution in [3.8, 4) is 0 Å². The number of hydrogen-bond acceptors (Lipinski definition) is 5. The maximum absolute atomic E-state index is 4.66. The fraction of sp³-hybridized carbons (Fsp3) is 0.733. The lowest BCUT2D eigenvalue weighted by Gasteiger charge is -2.30. The van der Waals surface area contributed by atoms with Crippen LogP contribution in [0.2, 0.25) is 0 Å². The van der Waals surface area contributed by atoms with Crippen LogP contribution in [0.3, 0.4) is 0 Å². The minimum Gasteiger partial charge on any atom is -0.352 e. The van der Waals surface area contributed by atoms with Crippen LogP contribution in [-0.2, 0) is 0 Å². The summed E-state index contributed by atoms with van der Waals surface area (Å²) in [5.41, 5.74) is 0.161. The molecule has 0 amide bonds. The van der Waals surface area contributed by atoms with Gasteiger partial charge in [-0.2, -0.15) is 4.98 Å². The Morgan fingerprint density at radius 1 is 1.40 bits per heavy atom. The predicted octanol–water partition coefficient (Wildman–Crippen LogP) is 1.90. The van der Waals surface area contributed by atoms with Crippen molar-refractivity contribution < 1.29 is 0 Å². The molecule has 1 unspecified atom stereocenters. The zero-order valence-corrected chi connectivity index (χ0v) is 13.3. The first kappa shape index (κ1) is 15.0. The number of anilines is 2. The smallest absolute Gasteiger partial charge is 0.226 e. The summed E-state index contributed by atoms with van der Waals surface area (Å²) in [4.78, 5) is 13.3. The Morgan fingerprint density at radius 3 is 2.80 bits per heavy atom. The Hall–Kier alpha value is -1.36. The van der Waals surface area contributed by atoms with E-state index in [2.05, 4.69) is 41.0 Å². The van der Waals surface area contributed by atoms with Gasteiger partial charge in [-0.05, 0) is 39.7 Å². The maximum atomic E-state index is 4.66. The predicted molar refractivity (Wildman–Crippen MR) is 84.5 cm³/mol. The molecule has 1 fully saturated rings. The van der Waals surface area contributed by atoms with Crippen LogP contribution in [0.25, 0.3) is 0 Å². The summed E-state index contributed by atoms with van der Waals surface area (Å²) in [5.74, 6) is 1.82. The first-order valence-electron chi connectivity index (χ1n) is 7.39. The van der Waals surface area contributed by atoms with Gasteiger partial charge in [-0.1, -0.05) is 0 Å². The standard InChI is InChI=1S/C15H27N5/c1-15(2,3)17-11-12-7-6-10-20(12)13-8-9-16-14(18-13)19(4)5/h8-9,12,17H,6-7,10-11H2,1-5H3. The van der Waals surface area contributed by atoms with Gasteiger partial charge in [0.05, 0.1) is 0 Å². The van der Waals surface area contributed by atoms with E-state index in [1.54, 1.807) is 0 Å². The van der Waals surface area contributed by atoms with E-state index in [9.17, 15) is 0 Å². The molecule has 5 heteroatoms. The first-order valence-corrected chi connectivity index (χ1v) is 7.39. The molecule has 0 bridgehead atoms. The van der Waals surface area contributed by atoms with Crippen LogP contribution in [-0.4, -0.2) is 48.7 Å². The van der Waals surface area contributed by atoms with Gasteiger partial charge in [0.1, 0.15) is 5.82 Å². The summed E-state index contributed by atoms with van der Waals surface area (Å²) < 4.78 is 0. The Bertz CT molecular complexity index is 438. The van der Waals surface area contributed by atoms with E-state index < -0.39 is 0 Å². The second-order valence-corrected chi connectivity index (χ2v) is 6.73. The normalized spacial score (nSPS) is 19.4. The second-order valence-electron chi connectivity index (χ2n) is 6.73. The Morgan fingerprint density at radius 2 is 2.15 bits per heavy atom. The zero-order valence-electron chi connectivity index (χ0n) is 13.3. The van der Waals surface area contributed by atoms with Crippen LogP contribution in [0.1, 0.15) is 33.6 Å². The molecule has 0 saturated carbocycles. The van der Waals surface area contributed by atoms with Crippen molar-refractivity contribution in [2.24, 2.45) is 0 Å². The van der Waals surface area contributed by atoms with Gasteiger partial charge in [0.2, 0.25) is 5.95 Å². The third kappa shape index (κ3) is 3.82. The van der Waals surface area contributed by atoms with E-state index >= 15 is 0 Å². The molecule has 0 radical (unpaired) electrons. The van der Waals surface area contributed by atoms with Crippen LogP contribution in [0.5, 0.6) is 0 Å². The Kier molecular flexibility index (Phi) is 4.48. The molecule has 1 aromatic heterocycles. The molecular weight excluding hydrogens is 250 g/mol. The topological polar surface area (TPSA) is 44.3 Å². The average Bonchev–Trinajstić information content (AvgIpc) is 2.84. The highest BCUT2D eigenvalue weighted by Crippen LogP contribution is 2.24. The summed E-state index contributed by atoms with van der Waals surface area (Å²) in [5, 5.41) is 3.61. The number of nitrogens with zero attached hydrogens (tertiary/aromatic N) is 4. The fourth-order valence-electron chi connectivity index (χ4n) is 2.49. The lowest BCUT2D eigenvalue weighted by molar-refractivity contribution is 0.404. The largest absolute Gasteiger partial charge is 0.352 e. The molecule has 1 saturated heterocycles. The van der Waals surface area contributed by atoms with E-state index in [4.69, 9.17) is 0 Å². The van der Waals surface area contributed by atoms with Crippen LogP contribution in [0.4, 0.5) is 11.8 Å². The second kappa shape index (κ2) is 5.95. The van der Waals surface area contributed by atoms with Crippen LogP contribution in [0, 0.1) is 0 Å². The summed E-state index contributed by atoms with van der Waals surface area (Å²) in [6, 6.07) is 2.54. The maximum Gasteiger partial charge on any atom is 0.226 e. The number of aromatic nitrogens is 2. The summed E-state index contributed by atoms with van der Waals surface area (Å²) in [6.45, 7) is 8.72. The van der Waals surface area contributed by atoms with Crippen LogP contribution >= 0.6 is 0 Å². The Balaban J connectivity index is 2.08. The van der Waals surface area contributed by atoms with E-state index in [1.165, 1.54) is 12.8 Å². The van der Waals surface area contributed by atoms with Crippen LogP contribution in [0.15, 0.2) is 12.3 Å². The minimum absolute atomic E-state index is 0.161. The van der Waals surface area contributed by atoms with Gasteiger partial charge in [-0.15, -0.1) is 0 Å². The van der Waals surface area contributed by atoms with Crippen molar-refractivity contribution in [2.45, 2.75) is 45.2 Å². The number of rotatable bonds is 4. The Labute approximate surface area is 122 Å². The van der Waals surface area contributed by atoms with Gasteiger partial charge < -0.3 is 15.1 Å². The van der Waals surface area contributed by atoms with Crippen molar-refractivity contribution in [1.29, 1.82) is 0 Å². The molecule has 1 N–H and O–H groups in total. The lowest BCUT2D eigenvalue weighted by Crippen LogP contribution is -2.45. The van der Waals surface area contributed by atoms with Crippen molar-refractivity contribution in [3.63, 3.8) is 0 Å². The van der Waals surface area contributed by atoms with Gasteiger partial charge in [0, 0.05) is 45.0 Å². The molecule has 1 aliphatic rings. The SMILES string of the molecule is CN(C)c1nccc(N2CCCC2CNC(C)(C)C)n1. The molecule has 2 heterocycles. The molecular formula is C15H27N5. The first-order chi connectivity index (χ1) is 9.37. The lowest BCUT2D eigenvalue weighted by atomic mass is 10.1. The quantitative estimate of drug-likeness (QED) is 0.910. The fourth-order valence-corrected chi connectivity index (χ4v) is 2.49. The highest BCUT2D eigenvalue weighted by molar-refractivity contribution is 5.45. The minimum atomic E-state index is 0.161. The van der Waals surface area contributed by atoms with E-state index in [0.29, 0.717) is 6.04 Å². The van der Waals surface area contributed by atoms with Crippen molar-refractivity contribution in [1.82, 2.24) is 15.3 Å². The van der Waals surface area contributed by atoms with Gasteiger partial charge in [0.15, 0.2) is 0 Å². The highest BCUT2D eigenvalue weighted by atomic mass is 15.3. The molecule has 1 aromatic rings. The van der Waals surface area contributed by atoms with Gasteiger partial charge in [-0.25, -0.2) is 4.98 Å². The summed E-state index contributed by atoms with van der Waals surface area (Å²) in [7, 11) is 3.95. The molecule has 2 rings (SSSR count). The van der Waals surface area contributed by atoms with Gasteiger partial charge >= 0.3 is 0 Å². The zero-order chi connectivity index (χ0) is 14.8. The van der Waals surface area contributed by atoms with E-state index in [-0.39, 0.29) is 5.54 Å². The van der Waals surface area contributed by atoms with E-state index in [1.807, 2.05) is 31.3 Å². The van der Waals surface area contributed by atoms with Crippen molar-refractivity contribution in [2.75, 3.05) is 37.0 Å². The average molecular weight is 277 g/mol. The molecule has 0 aromatic carbocycles. The number of nitrogens with one attached hydrogen (secondary N) is 1. The monoisotopic (exact) mass is 277 g/mol. The third-order valence-corrected chi connectivity index (χ3v) is 3.57. The summed E-state index contributed by atoms with van der Waals surface area (Å²) >= 11 is 0. The van der Waals surface area contributed by atoms with Crippen molar-refractivity contribution in [3.05, 3.63) is 12.3 Å².